The van der Waals surface area contributed by atoms with Gasteiger partial charge in [-0.05, 0) is 54.7 Å². The van der Waals surface area contributed by atoms with Crippen LogP contribution in [0.4, 0.5) is 11.4 Å². The highest BCUT2D eigenvalue weighted by Gasteiger charge is 2.51. The minimum Gasteiger partial charge on any atom is -0.497 e. The highest BCUT2D eigenvalue weighted by Crippen LogP contribution is 2.72. The van der Waals surface area contributed by atoms with E-state index in [1.54, 1.807) is 7.11 Å². The van der Waals surface area contributed by atoms with Crippen molar-refractivity contribution in [2.75, 3.05) is 64.5 Å². The molecule has 3 heterocycles. The van der Waals surface area contributed by atoms with E-state index in [9.17, 15) is 0 Å². The molecule has 0 amide bonds. The fourth-order valence-corrected chi connectivity index (χ4v) is 9.86. The molecule has 0 radical (unpaired) electrons. The summed E-state index contributed by atoms with van der Waals surface area (Å²) in [7, 11) is -0.846. The van der Waals surface area contributed by atoms with Crippen molar-refractivity contribution in [3.8, 4) is 5.75 Å². The van der Waals surface area contributed by atoms with Gasteiger partial charge in [0.15, 0.2) is 7.36 Å². The summed E-state index contributed by atoms with van der Waals surface area (Å²) in [5, 5.41) is 6.81. The van der Waals surface area contributed by atoms with E-state index in [1.165, 1.54) is 16.7 Å². The van der Waals surface area contributed by atoms with Crippen LogP contribution in [0.2, 0.25) is 0 Å². The molecule has 0 aromatic heterocycles. The lowest BCUT2D eigenvalue weighted by atomic mass is 9.78. The summed E-state index contributed by atoms with van der Waals surface area (Å²) in [5.41, 5.74) is 4.73. The number of methoxy groups -OCH3 is 1. The molecule has 1 aliphatic carbocycles. The zero-order valence-electron chi connectivity index (χ0n) is 22.7. The summed E-state index contributed by atoms with van der Waals surface area (Å²) in [5.74, 6) is 0.832. The van der Waals surface area contributed by atoms with Gasteiger partial charge in [0.2, 0.25) is 0 Å². The minimum absolute atomic E-state index is 0.115. The van der Waals surface area contributed by atoms with Crippen LogP contribution < -0.4 is 9.52 Å². The van der Waals surface area contributed by atoms with Gasteiger partial charge in [0.05, 0.1) is 55.9 Å². The van der Waals surface area contributed by atoms with Crippen LogP contribution in [-0.2, 0) is 9.47 Å². The van der Waals surface area contributed by atoms with Crippen LogP contribution in [0.15, 0.2) is 75.5 Å². The Hall–Kier alpha value is -2.64. The van der Waals surface area contributed by atoms with Crippen molar-refractivity contribution in [1.29, 1.82) is 0 Å². The van der Waals surface area contributed by atoms with Crippen molar-refractivity contribution in [3.63, 3.8) is 0 Å². The lowest BCUT2D eigenvalue weighted by Gasteiger charge is -2.45. The zero-order valence-corrected chi connectivity index (χ0v) is 23.6. The Morgan fingerprint density at radius 3 is 2.18 bits per heavy atom. The number of rotatable bonds is 5. The molecule has 4 aliphatic rings. The first-order valence-corrected chi connectivity index (χ1v) is 15.2. The molecule has 38 heavy (non-hydrogen) atoms. The highest BCUT2D eigenvalue weighted by molar-refractivity contribution is 7.71. The van der Waals surface area contributed by atoms with Crippen LogP contribution in [-0.4, -0.2) is 75.0 Å². The number of benzene rings is 2. The van der Waals surface area contributed by atoms with E-state index in [0.29, 0.717) is 13.2 Å². The number of fused-ring (bicyclic) bond motifs is 1. The van der Waals surface area contributed by atoms with Gasteiger partial charge in [-0.25, -0.2) is 14.2 Å². The van der Waals surface area contributed by atoms with Crippen molar-refractivity contribution in [2.45, 2.75) is 26.7 Å². The topological polar surface area (TPSA) is 62.1 Å². The Kier molecular flexibility index (Phi) is 7.08. The normalized spacial score (nSPS) is 25.7. The molecule has 6 rings (SSSR count). The van der Waals surface area contributed by atoms with Gasteiger partial charge in [-0.15, -0.1) is 0 Å². The third kappa shape index (κ3) is 4.68. The van der Waals surface area contributed by atoms with E-state index in [2.05, 4.69) is 70.7 Å². The molecule has 8 nitrogen and oxygen atoms in total. The first-order valence-electron chi connectivity index (χ1n) is 13.6. The van der Waals surface area contributed by atoms with Gasteiger partial charge in [0.25, 0.3) is 0 Å². The van der Waals surface area contributed by atoms with Crippen LogP contribution in [0.25, 0.3) is 0 Å². The van der Waals surface area contributed by atoms with Crippen molar-refractivity contribution in [1.82, 2.24) is 9.57 Å². The second-order valence-electron chi connectivity index (χ2n) is 11.0. The number of hydrazone groups is 1. The van der Waals surface area contributed by atoms with Crippen LogP contribution in [0.1, 0.15) is 26.7 Å². The van der Waals surface area contributed by atoms with Crippen molar-refractivity contribution >= 4 is 24.4 Å². The summed E-state index contributed by atoms with van der Waals surface area (Å²) in [4.78, 5) is 2.56. The van der Waals surface area contributed by atoms with Gasteiger partial charge in [-0.3, -0.25) is 0 Å². The average Bonchev–Trinajstić information content (AvgIpc) is 3.28. The predicted molar refractivity (Wildman–Crippen MR) is 153 cm³/mol. The van der Waals surface area contributed by atoms with Crippen molar-refractivity contribution in [2.24, 2.45) is 15.3 Å². The smallest absolute Gasteiger partial charge is 0.180 e. The Labute approximate surface area is 226 Å². The maximum absolute atomic E-state index is 5.86. The first kappa shape index (κ1) is 25.6. The lowest BCUT2D eigenvalue weighted by Crippen LogP contribution is -2.42. The van der Waals surface area contributed by atoms with E-state index in [-0.39, 0.29) is 5.41 Å². The van der Waals surface area contributed by atoms with Gasteiger partial charge in [-0.2, -0.15) is 5.10 Å². The summed E-state index contributed by atoms with van der Waals surface area (Å²) in [6.07, 6.45) is 1.94. The van der Waals surface area contributed by atoms with Crippen LogP contribution in [0.3, 0.4) is 0 Å². The monoisotopic (exact) mass is 535 g/mol. The number of para-hydroxylation sites is 1. The zero-order chi connectivity index (χ0) is 26.2. The molecule has 2 saturated heterocycles. The van der Waals surface area contributed by atoms with Gasteiger partial charge < -0.3 is 19.1 Å². The van der Waals surface area contributed by atoms with E-state index < -0.39 is 7.36 Å². The van der Waals surface area contributed by atoms with Gasteiger partial charge >= 0.3 is 0 Å². The molecule has 1 atom stereocenters. The van der Waals surface area contributed by atoms with Crippen LogP contribution in [0.5, 0.6) is 5.75 Å². The summed E-state index contributed by atoms with van der Waals surface area (Å²) < 4.78 is 27.7. The Morgan fingerprint density at radius 2 is 1.53 bits per heavy atom. The number of hydrogen-bond donors (Lipinski definition) is 0. The van der Waals surface area contributed by atoms with Gasteiger partial charge in [0, 0.05) is 31.9 Å². The molecule has 0 saturated carbocycles. The molecular weight excluding hydrogens is 497 g/mol. The third-order valence-electron chi connectivity index (χ3n) is 7.71. The van der Waals surface area contributed by atoms with Crippen molar-refractivity contribution in [3.05, 3.63) is 65.6 Å². The fourth-order valence-electron chi connectivity index (χ4n) is 5.94. The minimum atomic E-state index is -2.55. The maximum Gasteiger partial charge on any atom is 0.180 e. The van der Waals surface area contributed by atoms with E-state index >= 15 is 0 Å². The number of anilines is 1. The molecule has 3 aliphatic heterocycles. The Balaban J connectivity index is 1.65. The quantitative estimate of drug-likeness (QED) is 0.443. The number of nitrogens with zero attached hydrogens (tertiary/aromatic N) is 5. The van der Waals surface area contributed by atoms with E-state index in [0.717, 1.165) is 69.4 Å². The summed E-state index contributed by atoms with van der Waals surface area (Å²) >= 11 is 0. The summed E-state index contributed by atoms with van der Waals surface area (Å²) in [6.45, 7) is 11.1. The lowest BCUT2D eigenvalue weighted by molar-refractivity contribution is 0.0488. The number of ether oxygens (including phenoxy) is 3. The molecule has 202 valence electrons. The largest absolute Gasteiger partial charge is 0.497 e. The van der Waals surface area contributed by atoms with Crippen LogP contribution in [0, 0.1) is 5.41 Å². The summed E-state index contributed by atoms with van der Waals surface area (Å²) in [6, 6.07) is 18.7. The van der Waals surface area contributed by atoms with Crippen LogP contribution >= 0.6 is 7.36 Å². The molecule has 0 spiro atoms. The standard InChI is InChI=1S/C29H38N5O3P/c1-29(2)21-26-28(27(22-29)32-13-17-36-18-14-32)38(33-15-19-37-20-16-33,31-23-9-11-25(35-3)12-10-23)34(30-26)24-7-5-4-6-8-24/h4-12H,13-22H2,1-3H3/t38-/m0/s1. The van der Waals surface area contributed by atoms with Crippen molar-refractivity contribution < 1.29 is 14.2 Å². The molecule has 0 N–H and O–H groups in total. The molecule has 2 fully saturated rings. The second kappa shape index (κ2) is 10.5. The fraction of sp³-hybridized carbons (Fsp3) is 0.483. The second-order valence-corrected chi connectivity index (χ2v) is 13.7. The predicted octanol–water partition coefficient (Wildman–Crippen LogP) is 5.93. The molecule has 0 bridgehead atoms. The average molecular weight is 536 g/mol. The highest BCUT2D eigenvalue weighted by atomic mass is 31.2. The van der Waals surface area contributed by atoms with E-state index in [1.807, 2.05) is 12.1 Å². The molecule has 9 heteroatoms. The van der Waals surface area contributed by atoms with Gasteiger partial charge in [-0.1, -0.05) is 32.0 Å². The third-order valence-corrected chi connectivity index (χ3v) is 11.4. The van der Waals surface area contributed by atoms with Gasteiger partial charge in [0.1, 0.15) is 5.75 Å². The van der Waals surface area contributed by atoms with E-state index in [4.69, 9.17) is 24.1 Å². The Morgan fingerprint density at radius 1 is 0.868 bits per heavy atom. The first-order chi connectivity index (χ1) is 18.5. The number of morpholine rings is 2. The SMILES string of the molecule is COc1ccc(N=[P@]2(N3CCOCC3)C3=C(N4CCOCC4)CC(C)(C)CC3=NN2c2ccccc2)cc1. The maximum atomic E-state index is 5.86. The number of allylic oxidation sites excluding steroid dienone is 2. The number of hydrogen-bond acceptors (Lipinski definition) is 6. The molecular formula is C29H38N5O3P. The molecule has 2 aromatic carbocycles. The molecule has 0 unspecified atom stereocenters. The Bertz CT molecular complexity index is 1260. The molecule has 2 aromatic rings.